The Morgan fingerprint density at radius 3 is 2.48 bits per heavy atom. The summed E-state index contributed by atoms with van der Waals surface area (Å²) in [5.41, 5.74) is 0.0839. The average Bonchev–Trinajstić information content (AvgIpc) is 2.71. The van der Waals surface area contributed by atoms with Crippen molar-refractivity contribution >= 4 is 21.9 Å². The molecule has 0 heterocycles. The first-order valence-electron chi connectivity index (χ1n) is 8.50. The predicted octanol–water partition coefficient (Wildman–Crippen LogP) is 2.71. The highest BCUT2D eigenvalue weighted by Gasteiger charge is 2.20. The monoisotopic (exact) mass is 423 g/mol. The van der Waals surface area contributed by atoms with Crippen LogP contribution in [0.2, 0.25) is 0 Å². The summed E-state index contributed by atoms with van der Waals surface area (Å²) in [4.78, 5) is 12.5. The minimum absolute atomic E-state index is 0.113. The molecule has 2 aromatic carbocycles. The Balaban J connectivity index is 2.24. The van der Waals surface area contributed by atoms with Gasteiger partial charge >= 0.3 is 5.69 Å². The molecule has 2 rings (SSSR count). The van der Waals surface area contributed by atoms with Gasteiger partial charge in [0.1, 0.15) is 16.4 Å². The Labute approximate surface area is 168 Å². The van der Waals surface area contributed by atoms with Gasteiger partial charge in [-0.3, -0.25) is 10.1 Å². The highest BCUT2D eigenvalue weighted by molar-refractivity contribution is 7.89. The summed E-state index contributed by atoms with van der Waals surface area (Å²) >= 11 is 0. The highest BCUT2D eigenvalue weighted by atomic mass is 32.2. The second-order valence-corrected chi connectivity index (χ2v) is 7.33. The molecule has 0 aliphatic heterocycles. The van der Waals surface area contributed by atoms with Gasteiger partial charge in [-0.15, -0.1) is 0 Å². The van der Waals surface area contributed by atoms with Crippen molar-refractivity contribution in [2.45, 2.75) is 18.2 Å². The largest absolute Gasteiger partial charge is 0.497 e. The fraction of sp³-hybridized carbons (Fsp3) is 0.278. The maximum absolute atomic E-state index is 12.5. The maximum Gasteiger partial charge on any atom is 0.311 e. The van der Waals surface area contributed by atoms with Gasteiger partial charge in [-0.1, -0.05) is 6.92 Å². The van der Waals surface area contributed by atoms with E-state index < -0.39 is 14.9 Å². The second kappa shape index (κ2) is 9.73. The van der Waals surface area contributed by atoms with Gasteiger partial charge < -0.3 is 14.2 Å². The lowest BCUT2D eigenvalue weighted by molar-refractivity contribution is -0.385. The van der Waals surface area contributed by atoms with Gasteiger partial charge in [-0.05, 0) is 30.7 Å². The van der Waals surface area contributed by atoms with Crippen molar-refractivity contribution in [3.63, 3.8) is 0 Å². The van der Waals surface area contributed by atoms with Gasteiger partial charge in [-0.2, -0.15) is 18.4 Å². The molecule has 2 aromatic rings. The van der Waals surface area contributed by atoms with Gasteiger partial charge in [0.15, 0.2) is 5.75 Å². The normalized spacial score (nSPS) is 11.3. The van der Waals surface area contributed by atoms with Crippen LogP contribution in [-0.2, 0) is 10.0 Å². The van der Waals surface area contributed by atoms with Crippen molar-refractivity contribution in [1.29, 1.82) is 0 Å². The Bertz CT molecular complexity index is 1010. The lowest BCUT2D eigenvalue weighted by Crippen LogP contribution is -2.19. The number of nitrogens with zero attached hydrogens (tertiary/aromatic N) is 2. The molecule has 0 aromatic heterocycles. The zero-order valence-corrected chi connectivity index (χ0v) is 16.9. The van der Waals surface area contributed by atoms with Crippen molar-refractivity contribution in [2.24, 2.45) is 5.10 Å². The molecule has 0 saturated heterocycles. The van der Waals surface area contributed by atoms with Crippen LogP contribution in [-0.4, -0.2) is 40.4 Å². The van der Waals surface area contributed by atoms with Crippen molar-refractivity contribution < 1.29 is 27.6 Å². The summed E-state index contributed by atoms with van der Waals surface area (Å²) < 4.78 is 40.5. The number of methoxy groups -OCH3 is 2. The smallest absolute Gasteiger partial charge is 0.311 e. The molecular formula is C18H21N3O7S. The van der Waals surface area contributed by atoms with E-state index in [4.69, 9.17) is 14.2 Å². The number of nitrogens with one attached hydrogen (secondary N) is 1. The van der Waals surface area contributed by atoms with Gasteiger partial charge in [-0.25, -0.2) is 0 Å². The fourth-order valence-corrected chi connectivity index (χ4v) is 3.28. The third-order valence-corrected chi connectivity index (χ3v) is 4.93. The van der Waals surface area contributed by atoms with Crippen molar-refractivity contribution in [1.82, 2.24) is 4.83 Å². The molecule has 156 valence electrons. The summed E-state index contributed by atoms with van der Waals surface area (Å²) in [5, 5.41) is 14.9. The van der Waals surface area contributed by atoms with E-state index in [0.717, 1.165) is 6.21 Å². The molecule has 0 radical (unpaired) electrons. The first kappa shape index (κ1) is 22.0. The van der Waals surface area contributed by atoms with Crippen LogP contribution in [0, 0.1) is 10.1 Å². The van der Waals surface area contributed by atoms with E-state index >= 15 is 0 Å². The Kier molecular flexibility index (Phi) is 7.37. The standard InChI is InChI=1S/C18H21N3O7S/c1-4-9-28-16-7-5-13(10-15(16)21(22)23)12-19-20-29(24,25)18-11-14(26-2)6-8-17(18)27-3/h5-8,10-12,20H,4,9H2,1-3H3/b19-12+. The summed E-state index contributed by atoms with van der Waals surface area (Å²) in [7, 11) is -1.32. The predicted molar refractivity (Wildman–Crippen MR) is 106 cm³/mol. The van der Waals surface area contributed by atoms with Crippen LogP contribution < -0.4 is 19.0 Å². The van der Waals surface area contributed by atoms with Crippen LogP contribution in [0.5, 0.6) is 17.2 Å². The van der Waals surface area contributed by atoms with E-state index in [-0.39, 0.29) is 22.1 Å². The zero-order chi connectivity index (χ0) is 21.4. The summed E-state index contributed by atoms with van der Waals surface area (Å²) in [6.07, 6.45) is 1.86. The molecule has 0 aliphatic carbocycles. The Morgan fingerprint density at radius 1 is 1.14 bits per heavy atom. The van der Waals surface area contributed by atoms with E-state index in [1.165, 1.54) is 44.6 Å². The highest BCUT2D eigenvalue weighted by Crippen LogP contribution is 2.29. The molecule has 10 nitrogen and oxygen atoms in total. The molecule has 1 N–H and O–H groups in total. The molecule has 29 heavy (non-hydrogen) atoms. The van der Waals surface area contributed by atoms with Crippen LogP contribution >= 0.6 is 0 Å². The number of benzene rings is 2. The molecule has 0 spiro atoms. The molecule has 0 amide bonds. The van der Waals surface area contributed by atoms with Crippen LogP contribution in [0.15, 0.2) is 46.4 Å². The molecule has 0 aliphatic rings. The van der Waals surface area contributed by atoms with Gasteiger partial charge in [0.25, 0.3) is 10.0 Å². The van der Waals surface area contributed by atoms with Gasteiger partial charge in [0, 0.05) is 17.7 Å². The number of nitro groups is 1. The van der Waals surface area contributed by atoms with Gasteiger partial charge in [0.05, 0.1) is 32.0 Å². The molecule has 0 unspecified atom stereocenters. The zero-order valence-electron chi connectivity index (χ0n) is 16.1. The van der Waals surface area contributed by atoms with Crippen LogP contribution in [0.3, 0.4) is 0 Å². The second-order valence-electron chi connectivity index (χ2n) is 5.70. The van der Waals surface area contributed by atoms with Gasteiger partial charge in [0.2, 0.25) is 0 Å². The third kappa shape index (κ3) is 5.57. The lowest BCUT2D eigenvalue weighted by Gasteiger charge is -2.10. The van der Waals surface area contributed by atoms with Crippen LogP contribution in [0.25, 0.3) is 0 Å². The molecule has 0 atom stereocenters. The maximum atomic E-state index is 12.5. The van der Waals surface area contributed by atoms with E-state index in [1.54, 1.807) is 6.07 Å². The van der Waals surface area contributed by atoms with Crippen LogP contribution in [0.4, 0.5) is 5.69 Å². The number of hydrogen-bond acceptors (Lipinski definition) is 8. The van der Waals surface area contributed by atoms with Crippen molar-refractivity contribution in [2.75, 3.05) is 20.8 Å². The third-order valence-electron chi connectivity index (χ3n) is 3.69. The quantitative estimate of drug-likeness (QED) is 0.353. The molecule has 11 heteroatoms. The average molecular weight is 423 g/mol. The molecule has 0 saturated carbocycles. The number of hydrogen-bond donors (Lipinski definition) is 1. The first-order chi connectivity index (χ1) is 13.8. The fourth-order valence-electron chi connectivity index (χ4n) is 2.30. The summed E-state index contributed by atoms with van der Waals surface area (Å²) in [5.74, 6) is 0.575. The van der Waals surface area contributed by atoms with E-state index in [9.17, 15) is 18.5 Å². The molecule has 0 fully saturated rings. The minimum atomic E-state index is -4.06. The summed E-state index contributed by atoms with van der Waals surface area (Å²) in [6.45, 7) is 2.23. The Morgan fingerprint density at radius 2 is 1.86 bits per heavy atom. The Hall–Kier alpha value is -3.34. The first-order valence-corrected chi connectivity index (χ1v) is 9.98. The van der Waals surface area contributed by atoms with E-state index in [1.807, 2.05) is 6.92 Å². The van der Waals surface area contributed by atoms with Crippen molar-refractivity contribution in [3.8, 4) is 17.2 Å². The number of rotatable bonds is 10. The topological polar surface area (TPSA) is 129 Å². The SMILES string of the molecule is CCCOc1ccc(/C=N/NS(=O)(=O)c2cc(OC)ccc2OC)cc1[N+](=O)[O-]. The van der Waals surface area contributed by atoms with E-state index in [2.05, 4.69) is 9.93 Å². The number of sulfonamides is 1. The number of hydrazone groups is 1. The lowest BCUT2D eigenvalue weighted by atomic mass is 10.2. The minimum Gasteiger partial charge on any atom is -0.497 e. The summed E-state index contributed by atoms with van der Waals surface area (Å²) in [6, 6.07) is 8.52. The molecular weight excluding hydrogens is 402 g/mol. The van der Waals surface area contributed by atoms with Crippen molar-refractivity contribution in [3.05, 3.63) is 52.1 Å². The number of ether oxygens (including phenoxy) is 3. The number of nitro benzene ring substituents is 1. The van der Waals surface area contributed by atoms with Crippen LogP contribution in [0.1, 0.15) is 18.9 Å². The van der Waals surface area contributed by atoms with E-state index in [0.29, 0.717) is 24.3 Å². The molecule has 0 bridgehead atoms.